The number of imide groups is 1. The maximum absolute atomic E-state index is 12.9. The molecule has 1 unspecified atom stereocenters. The average molecular weight is 364 g/mol. The van der Waals surface area contributed by atoms with Crippen LogP contribution in [0.15, 0.2) is 48.5 Å². The highest BCUT2D eigenvalue weighted by atomic mass is 16.2. The van der Waals surface area contributed by atoms with Gasteiger partial charge in [-0.15, -0.1) is 0 Å². The highest BCUT2D eigenvalue weighted by molar-refractivity contribution is 6.11. The standard InChI is InChI=1S/C22H24N2O3/c1-14(2)16-7-9-17(10-8-16)19(25)13-24-20(26)22(4,23-21(24)27)18-11-5-15(3)6-12-18/h5-12,14H,13H2,1-4H3,(H,23,27). The van der Waals surface area contributed by atoms with Gasteiger partial charge in [-0.3, -0.25) is 14.5 Å². The molecule has 1 aliphatic heterocycles. The monoisotopic (exact) mass is 364 g/mol. The number of benzene rings is 2. The second kappa shape index (κ2) is 6.99. The lowest BCUT2D eigenvalue weighted by molar-refractivity contribution is -0.130. The van der Waals surface area contributed by atoms with Gasteiger partial charge >= 0.3 is 6.03 Å². The molecule has 5 nitrogen and oxygen atoms in total. The summed E-state index contributed by atoms with van der Waals surface area (Å²) in [6.07, 6.45) is 0. The molecule has 3 rings (SSSR count). The van der Waals surface area contributed by atoms with E-state index in [0.717, 1.165) is 16.0 Å². The fourth-order valence-electron chi connectivity index (χ4n) is 3.21. The van der Waals surface area contributed by atoms with Crippen LogP contribution in [0, 0.1) is 6.92 Å². The number of aryl methyl sites for hydroxylation is 1. The van der Waals surface area contributed by atoms with Gasteiger partial charge in [0.25, 0.3) is 5.91 Å². The minimum atomic E-state index is -1.16. The first-order valence-corrected chi connectivity index (χ1v) is 9.07. The summed E-state index contributed by atoms with van der Waals surface area (Å²) in [6, 6.07) is 14.2. The Hall–Kier alpha value is -2.95. The van der Waals surface area contributed by atoms with E-state index in [2.05, 4.69) is 19.2 Å². The number of carbonyl (C=O) groups excluding carboxylic acids is 3. The molecular formula is C22H24N2O3. The lowest BCUT2D eigenvalue weighted by Gasteiger charge is -2.22. The number of nitrogens with one attached hydrogen (secondary N) is 1. The summed E-state index contributed by atoms with van der Waals surface area (Å²) in [5.74, 6) is -0.305. The SMILES string of the molecule is Cc1ccc(C2(C)NC(=O)N(CC(=O)c3ccc(C(C)C)cc3)C2=O)cc1. The lowest BCUT2D eigenvalue weighted by atomic mass is 9.91. The second-order valence-electron chi connectivity index (χ2n) is 7.51. The minimum absolute atomic E-state index is 0.262. The van der Waals surface area contributed by atoms with E-state index in [0.29, 0.717) is 17.0 Å². The van der Waals surface area contributed by atoms with Crippen LogP contribution in [0.5, 0.6) is 0 Å². The van der Waals surface area contributed by atoms with Gasteiger partial charge in [0.15, 0.2) is 5.78 Å². The molecule has 2 aromatic carbocycles. The third-order valence-electron chi connectivity index (χ3n) is 5.10. The predicted molar refractivity (Wildman–Crippen MR) is 104 cm³/mol. The molecule has 0 bridgehead atoms. The number of Topliss-reactive ketones (excluding diaryl/α,β-unsaturated/α-hetero) is 1. The van der Waals surface area contributed by atoms with Gasteiger partial charge in [0.05, 0.1) is 6.54 Å². The van der Waals surface area contributed by atoms with Crippen LogP contribution in [-0.2, 0) is 10.3 Å². The summed E-state index contributed by atoms with van der Waals surface area (Å²) in [7, 11) is 0. The lowest BCUT2D eigenvalue weighted by Crippen LogP contribution is -2.41. The van der Waals surface area contributed by atoms with E-state index in [1.165, 1.54) is 0 Å². The molecule has 0 saturated carbocycles. The summed E-state index contributed by atoms with van der Waals surface area (Å²) in [5.41, 5.74) is 2.23. The Balaban J connectivity index is 1.79. The molecule has 1 aliphatic rings. The van der Waals surface area contributed by atoms with Crippen LogP contribution in [0.25, 0.3) is 0 Å². The van der Waals surface area contributed by atoms with Crippen molar-refractivity contribution < 1.29 is 14.4 Å². The Morgan fingerprint density at radius 1 is 1.04 bits per heavy atom. The number of ketones is 1. The summed E-state index contributed by atoms with van der Waals surface area (Å²) in [6.45, 7) is 7.51. The smallest absolute Gasteiger partial charge is 0.319 e. The molecule has 2 aromatic rings. The Labute approximate surface area is 159 Å². The molecular weight excluding hydrogens is 340 g/mol. The fourth-order valence-corrected chi connectivity index (χ4v) is 3.21. The van der Waals surface area contributed by atoms with Gasteiger partial charge in [-0.2, -0.15) is 0 Å². The zero-order valence-corrected chi connectivity index (χ0v) is 16.1. The third-order valence-corrected chi connectivity index (χ3v) is 5.10. The van der Waals surface area contributed by atoms with Gasteiger partial charge in [-0.1, -0.05) is 67.9 Å². The molecule has 1 atom stereocenters. The maximum atomic E-state index is 12.9. The van der Waals surface area contributed by atoms with Gasteiger partial charge in [0, 0.05) is 5.56 Å². The average Bonchev–Trinajstić information content (AvgIpc) is 2.86. The number of urea groups is 1. The first-order valence-electron chi connectivity index (χ1n) is 9.07. The van der Waals surface area contributed by atoms with E-state index in [-0.39, 0.29) is 12.3 Å². The molecule has 5 heteroatoms. The number of rotatable bonds is 5. The molecule has 1 saturated heterocycles. The van der Waals surface area contributed by atoms with Gasteiger partial charge in [0.1, 0.15) is 5.54 Å². The number of carbonyl (C=O) groups is 3. The van der Waals surface area contributed by atoms with Crippen LogP contribution >= 0.6 is 0 Å². The van der Waals surface area contributed by atoms with E-state index < -0.39 is 17.5 Å². The zero-order valence-electron chi connectivity index (χ0n) is 16.1. The molecule has 0 spiro atoms. The number of hydrogen-bond donors (Lipinski definition) is 1. The molecule has 0 aromatic heterocycles. The molecule has 1 heterocycles. The third kappa shape index (κ3) is 3.50. The van der Waals surface area contributed by atoms with Crippen molar-refractivity contribution in [3.8, 4) is 0 Å². The summed E-state index contributed by atoms with van der Waals surface area (Å²) in [5, 5.41) is 2.73. The molecule has 1 fully saturated rings. The first-order chi connectivity index (χ1) is 12.7. The quantitative estimate of drug-likeness (QED) is 0.649. The van der Waals surface area contributed by atoms with Crippen LogP contribution in [0.1, 0.15) is 53.7 Å². The van der Waals surface area contributed by atoms with E-state index in [4.69, 9.17) is 0 Å². The van der Waals surface area contributed by atoms with Crippen molar-refractivity contribution in [3.63, 3.8) is 0 Å². The van der Waals surface area contributed by atoms with Crippen LogP contribution in [0.3, 0.4) is 0 Å². The number of hydrogen-bond acceptors (Lipinski definition) is 3. The van der Waals surface area contributed by atoms with Crippen LogP contribution in [-0.4, -0.2) is 29.2 Å². The molecule has 1 N–H and O–H groups in total. The van der Waals surface area contributed by atoms with Crippen LogP contribution < -0.4 is 5.32 Å². The molecule has 27 heavy (non-hydrogen) atoms. The largest absolute Gasteiger partial charge is 0.325 e. The van der Waals surface area contributed by atoms with Crippen molar-refractivity contribution in [2.24, 2.45) is 0 Å². The van der Waals surface area contributed by atoms with E-state index in [9.17, 15) is 14.4 Å². The van der Waals surface area contributed by atoms with Gasteiger partial charge in [-0.05, 0) is 30.9 Å². The Morgan fingerprint density at radius 3 is 2.19 bits per heavy atom. The molecule has 0 aliphatic carbocycles. The Kier molecular flexibility index (Phi) is 4.87. The number of amides is 3. The maximum Gasteiger partial charge on any atom is 0.325 e. The summed E-state index contributed by atoms with van der Waals surface area (Å²) in [4.78, 5) is 38.9. The Bertz CT molecular complexity index is 885. The molecule has 3 amide bonds. The van der Waals surface area contributed by atoms with Crippen molar-refractivity contribution in [1.29, 1.82) is 0 Å². The minimum Gasteiger partial charge on any atom is -0.319 e. The fraction of sp³-hybridized carbons (Fsp3) is 0.318. The highest BCUT2D eigenvalue weighted by Gasteiger charge is 2.49. The van der Waals surface area contributed by atoms with E-state index >= 15 is 0 Å². The van der Waals surface area contributed by atoms with Crippen molar-refractivity contribution in [2.45, 2.75) is 39.2 Å². The number of nitrogens with zero attached hydrogens (tertiary/aromatic N) is 1. The topological polar surface area (TPSA) is 66.5 Å². The highest BCUT2D eigenvalue weighted by Crippen LogP contribution is 2.29. The van der Waals surface area contributed by atoms with Gasteiger partial charge in [-0.25, -0.2) is 4.79 Å². The molecule has 140 valence electrons. The van der Waals surface area contributed by atoms with Crippen LogP contribution in [0.2, 0.25) is 0 Å². The molecule has 0 radical (unpaired) electrons. The normalized spacial score (nSPS) is 19.5. The zero-order chi connectivity index (χ0) is 19.8. The van der Waals surface area contributed by atoms with Crippen molar-refractivity contribution in [3.05, 3.63) is 70.8 Å². The second-order valence-corrected chi connectivity index (χ2v) is 7.51. The summed E-state index contributed by atoms with van der Waals surface area (Å²) >= 11 is 0. The Morgan fingerprint density at radius 2 is 1.63 bits per heavy atom. The van der Waals surface area contributed by atoms with E-state index in [1.54, 1.807) is 19.1 Å². The summed E-state index contributed by atoms with van der Waals surface area (Å²) < 4.78 is 0. The van der Waals surface area contributed by atoms with Gasteiger partial charge in [0.2, 0.25) is 0 Å². The van der Waals surface area contributed by atoms with Crippen molar-refractivity contribution in [1.82, 2.24) is 10.2 Å². The van der Waals surface area contributed by atoms with E-state index in [1.807, 2.05) is 43.3 Å². The van der Waals surface area contributed by atoms with Crippen LogP contribution in [0.4, 0.5) is 4.79 Å². The van der Waals surface area contributed by atoms with Crippen molar-refractivity contribution >= 4 is 17.7 Å². The van der Waals surface area contributed by atoms with Crippen molar-refractivity contribution in [2.75, 3.05) is 6.54 Å². The first kappa shape index (κ1) is 18.8. The predicted octanol–water partition coefficient (Wildman–Crippen LogP) is 3.77. The van der Waals surface area contributed by atoms with Gasteiger partial charge < -0.3 is 5.32 Å².